The monoisotopic (exact) mass is 259 g/mol. The summed E-state index contributed by atoms with van der Waals surface area (Å²) in [7, 11) is 0. The van der Waals surface area contributed by atoms with E-state index in [2.05, 4.69) is 41.3 Å². The molecule has 0 aromatic heterocycles. The summed E-state index contributed by atoms with van der Waals surface area (Å²) >= 11 is 0. The molecule has 2 heteroatoms. The highest BCUT2D eigenvalue weighted by atomic mass is 16.3. The standard InChI is InChI=1S/C17H25NO/c1-17(2,19)11-8-15-9-12-18(13-10-15)14-16-6-4-3-5-7-16/h3-7,9,19H,8,10-14H2,1-2H3. The minimum absolute atomic E-state index is 0.540. The summed E-state index contributed by atoms with van der Waals surface area (Å²) < 4.78 is 0. The Kier molecular flexibility index (Phi) is 4.78. The SMILES string of the molecule is CC(C)(O)CCC1=CCN(Cc2ccccc2)CC1. The van der Waals surface area contributed by atoms with Crippen molar-refractivity contribution in [2.24, 2.45) is 0 Å². The molecule has 1 heterocycles. The van der Waals surface area contributed by atoms with Crippen molar-refractivity contribution in [3.8, 4) is 0 Å². The molecule has 104 valence electrons. The first-order chi connectivity index (χ1) is 9.03. The zero-order valence-corrected chi connectivity index (χ0v) is 12.1. The van der Waals surface area contributed by atoms with Gasteiger partial charge in [-0.1, -0.05) is 42.0 Å². The quantitative estimate of drug-likeness (QED) is 0.820. The summed E-state index contributed by atoms with van der Waals surface area (Å²) in [4.78, 5) is 2.48. The predicted molar refractivity (Wildman–Crippen MR) is 80.0 cm³/mol. The van der Waals surface area contributed by atoms with Crippen LogP contribution in [0, 0.1) is 0 Å². The second kappa shape index (κ2) is 6.36. The van der Waals surface area contributed by atoms with E-state index in [9.17, 15) is 5.11 Å². The molecule has 0 radical (unpaired) electrons. The molecular formula is C17H25NO. The van der Waals surface area contributed by atoms with Crippen LogP contribution in [0.3, 0.4) is 0 Å². The van der Waals surface area contributed by atoms with Gasteiger partial charge in [0.2, 0.25) is 0 Å². The van der Waals surface area contributed by atoms with Crippen molar-refractivity contribution in [3.63, 3.8) is 0 Å². The molecule has 0 spiro atoms. The number of benzene rings is 1. The van der Waals surface area contributed by atoms with Crippen molar-refractivity contribution in [1.29, 1.82) is 0 Å². The molecule has 0 amide bonds. The maximum Gasteiger partial charge on any atom is 0.0594 e. The largest absolute Gasteiger partial charge is 0.390 e. The molecule has 0 saturated carbocycles. The number of hydrogen-bond acceptors (Lipinski definition) is 2. The summed E-state index contributed by atoms with van der Waals surface area (Å²) in [6, 6.07) is 10.6. The Morgan fingerprint density at radius 2 is 1.95 bits per heavy atom. The molecular weight excluding hydrogens is 234 g/mol. The van der Waals surface area contributed by atoms with Gasteiger partial charge in [-0.2, -0.15) is 0 Å². The van der Waals surface area contributed by atoms with Crippen molar-refractivity contribution in [2.75, 3.05) is 13.1 Å². The maximum absolute atomic E-state index is 9.76. The van der Waals surface area contributed by atoms with Gasteiger partial charge in [-0.05, 0) is 38.7 Å². The van der Waals surface area contributed by atoms with Gasteiger partial charge in [-0.15, -0.1) is 0 Å². The third-order valence-electron chi connectivity index (χ3n) is 3.69. The predicted octanol–water partition coefficient (Wildman–Crippen LogP) is 3.37. The van der Waals surface area contributed by atoms with Crippen molar-refractivity contribution in [3.05, 3.63) is 47.5 Å². The highest BCUT2D eigenvalue weighted by molar-refractivity contribution is 5.15. The molecule has 0 aliphatic carbocycles. The molecule has 1 aliphatic heterocycles. The van der Waals surface area contributed by atoms with Crippen LogP contribution >= 0.6 is 0 Å². The Morgan fingerprint density at radius 1 is 1.21 bits per heavy atom. The van der Waals surface area contributed by atoms with Gasteiger partial charge < -0.3 is 5.11 Å². The van der Waals surface area contributed by atoms with Gasteiger partial charge in [0.1, 0.15) is 0 Å². The van der Waals surface area contributed by atoms with Crippen molar-refractivity contribution >= 4 is 0 Å². The van der Waals surface area contributed by atoms with E-state index in [4.69, 9.17) is 0 Å². The lowest BCUT2D eigenvalue weighted by Gasteiger charge is -2.27. The molecule has 0 atom stereocenters. The molecule has 0 fully saturated rings. The molecule has 0 saturated heterocycles. The molecule has 1 N–H and O–H groups in total. The minimum Gasteiger partial charge on any atom is -0.390 e. The Bertz CT molecular complexity index is 417. The van der Waals surface area contributed by atoms with Crippen LogP contribution in [0.25, 0.3) is 0 Å². The zero-order valence-electron chi connectivity index (χ0n) is 12.1. The van der Waals surface area contributed by atoms with Crippen LogP contribution in [0.4, 0.5) is 0 Å². The summed E-state index contributed by atoms with van der Waals surface area (Å²) in [5.74, 6) is 0. The first-order valence-corrected chi connectivity index (χ1v) is 7.19. The number of nitrogens with zero attached hydrogens (tertiary/aromatic N) is 1. The van der Waals surface area contributed by atoms with Crippen LogP contribution in [0.2, 0.25) is 0 Å². The van der Waals surface area contributed by atoms with Gasteiger partial charge in [0.05, 0.1) is 5.60 Å². The molecule has 1 aromatic carbocycles. The topological polar surface area (TPSA) is 23.5 Å². The molecule has 0 bridgehead atoms. The van der Waals surface area contributed by atoms with E-state index in [0.29, 0.717) is 0 Å². The smallest absolute Gasteiger partial charge is 0.0594 e. The second-order valence-electron chi connectivity index (χ2n) is 6.15. The first-order valence-electron chi connectivity index (χ1n) is 7.19. The fraction of sp³-hybridized carbons (Fsp3) is 0.529. The minimum atomic E-state index is -0.540. The molecule has 1 aliphatic rings. The highest BCUT2D eigenvalue weighted by Crippen LogP contribution is 2.21. The normalized spacial score (nSPS) is 17.3. The van der Waals surface area contributed by atoms with Gasteiger partial charge >= 0.3 is 0 Å². The van der Waals surface area contributed by atoms with Crippen LogP contribution in [0.15, 0.2) is 42.0 Å². The third kappa shape index (κ3) is 5.17. The van der Waals surface area contributed by atoms with E-state index in [0.717, 1.165) is 38.9 Å². The average molecular weight is 259 g/mol. The van der Waals surface area contributed by atoms with Crippen LogP contribution < -0.4 is 0 Å². The fourth-order valence-electron chi connectivity index (χ4n) is 2.43. The van der Waals surface area contributed by atoms with E-state index in [1.165, 1.54) is 11.1 Å². The zero-order chi connectivity index (χ0) is 13.7. The first kappa shape index (κ1) is 14.3. The lowest BCUT2D eigenvalue weighted by Crippen LogP contribution is -2.28. The highest BCUT2D eigenvalue weighted by Gasteiger charge is 2.16. The van der Waals surface area contributed by atoms with Crippen LogP contribution in [-0.2, 0) is 6.54 Å². The van der Waals surface area contributed by atoms with E-state index >= 15 is 0 Å². The Hall–Kier alpha value is -1.12. The van der Waals surface area contributed by atoms with E-state index in [-0.39, 0.29) is 0 Å². The summed E-state index contributed by atoms with van der Waals surface area (Å²) in [6.07, 6.45) is 5.38. The van der Waals surface area contributed by atoms with E-state index in [1.807, 2.05) is 13.8 Å². The molecule has 2 rings (SSSR count). The number of hydrogen-bond donors (Lipinski definition) is 1. The Labute approximate surface area is 116 Å². The lowest BCUT2D eigenvalue weighted by molar-refractivity contribution is 0.0708. The Balaban J connectivity index is 1.79. The van der Waals surface area contributed by atoms with Crippen molar-refractivity contribution in [2.45, 2.75) is 45.3 Å². The lowest BCUT2D eigenvalue weighted by atomic mass is 9.95. The maximum atomic E-state index is 9.76. The second-order valence-corrected chi connectivity index (χ2v) is 6.15. The molecule has 2 nitrogen and oxygen atoms in total. The van der Waals surface area contributed by atoms with E-state index < -0.39 is 5.60 Å². The molecule has 19 heavy (non-hydrogen) atoms. The van der Waals surface area contributed by atoms with Crippen LogP contribution in [-0.4, -0.2) is 28.7 Å². The molecule has 0 unspecified atom stereocenters. The van der Waals surface area contributed by atoms with Gasteiger partial charge in [-0.25, -0.2) is 0 Å². The van der Waals surface area contributed by atoms with E-state index in [1.54, 1.807) is 0 Å². The summed E-state index contributed by atoms with van der Waals surface area (Å²) in [6.45, 7) is 6.98. The Morgan fingerprint density at radius 3 is 2.53 bits per heavy atom. The van der Waals surface area contributed by atoms with Gasteiger partial charge in [-0.3, -0.25) is 4.90 Å². The van der Waals surface area contributed by atoms with Crippen molar-refractivity contribution < 1.29 is 5.11 Å². The third-order valence-corrected chi connectivity index (χ3v) is 3.69. The van der Waals surface area contributed by atoms with Gasteiger partial charge in [0.15, 0.2) is 0 Å². The summed E-state index contributed by atoms with van der Waals surface area (Å²) in [5.41, 5.74) is 2.35. The van der Waals surface area contributed by atoms with Gasteiger partial charge in [0, 0.05) is 19.6 Å². The average Bonchev–Trinajstić information content (AvgIpc) is 2.38. The van der Waals surface area contributed by atoms with Crippen LogP contribution in [0.1, 0.15) is 38.7 Å². The fourth-order valence-corrected chi connectivity index (χ4v) is 2.43. The van der Waals surface area contributed by atoms with Crippen LogP contribution in [0.5, 0.6) is 0 Å². The number of rotatable bonds is 5. The number of aliphatic hydroxyl groups is 1. The molecule has 1 aromatic rings. The summed E-state index contributed by atoms with van der Waals surface area (Å²) in [5, 5.41) is 9.76. The van der Waals surface area contributed by atoms with Gasteiger partial charge in [0.25, 0.3) is 0 Å². The van der Waals surface area contributed by atoms with Crippen molar-refractivity contribution in [1.82, 2.24) is 4.90 Å².